The topological polar surface area (TPSA) is 32.3 Å². The number of hydrogen-bond acceptors (Lipinski definition) is 2. The summed E-state index contributed by atoms with van der Waals surface area (Å²) in [5.74, 6) is 0.953. The molecule has 0 fully saturated rings. The minimum atomic E-state index is 0.0189. The molecule has 1 N–H and O–H groups in total. The van der Waals surface area contributed by atoms with Crippen LogP contribution in [0.3, 0.4) is 0 Å². The zero-order valence-corrected chi connectivity index (χ0v) is 11.3. The summed E-state index contributed by atoms with van der Waals surface area (Å²) in [6.07, 6.45) is 2.04. The van der Waals surface area contributed by atoms with Crippen molar-refractivity contribution in [2.24, 2.45) is 0 Å². The smallest absolute Gasteiger partial charge is 0.317 e. The van der Waals surface area contributed by atoms with Crippen LogP contribution in [0.4, 0.5) is 4.79 Å². The summed E-state index contributed by atoms with van der Waals surface area (Å²) in [7, 11) is 0. The largest absolute Gasteiger partial charge is 0.337 e. The number of nitrogens with one attached hydrogen (secondary N) is 1. The summed E-state index contributed by atoms with van der Waals surface area (Å²) in [5.41, 5.74) is 1.16. The molecular formula is C13H20N2OS. The highest BCUT2D eigenvalue weighted by Crippen LogP contribution is 2.04. The first kappa shape index (κ1) is 13.9. The predicted octanol–water partition coefficient (Wildman–Crippen LogP) is 2.58. The van der Waals surface area contributed by atoms with Crippen LogP contribution in [0.2, 0.25) is 0 Å². The highest BCUT2D eigenvalue weighted by Gasteiger charge is 2.10. The van der Waals surface area contributed by atoms with Crippen molar-refractivity contribution in [3.8, 4) is 0 Å². The van der Waals surface area contributed by atoms with Gasteiger partial charge in [0, 0.05) is 25.4 Å². The summed E-state index contributed by atoms with van der Waals surface area (Å²) in [5, 5.41) is 2.92. The van der Waals surface area contributed by atoms with Crippen LogP contribution in [-0.2, 0) is 6.54 Å². The van der Waals surface area contributed by atoms with Crippen LogP contribution in [-0.4, -0.2) is 36.0 Å². The SMILES string of the molecule is CCN(Cc1ccccc1)C(=O)NCCSC. The third kappa shape index (κ3) is 5.13. The van der Waals surface area contributed by atoms with Crippen LogP contribution in [0.5, 0.6) is 0 Å². The van der Waals surface area contributed by atoms with Gasteiger partial charge >= 0.3 is 6.03 Å². The Morgan fingerprint density at radius 2 is 2.06 bits per heavy atom. The van der Waals surface area contributed by atoms with Crippen molar-refractivity contribution < 1.29 is 4.79 Å². The van der Waals surface area contributed by atoms with E-state index in [9.17, 15) is 4.79 Å². The second-order valence-electron chi connectivity index (χ2n) is 3.72. The molecule has 1 aromatic rings. The second kappa shape index (κ2) is 8.01. The first-order chi connectivity index (χ1) is 8.27. The van der Waals surface area contributed by atoms with E-state index in [0.717, 1.165) is 24.4 Å². The van der Waals surface area contributed by atoms with E-state index in [-0.39, 0.29) is 6.03 Å². The van der Waals surface area contributed by atoms with Crippen molar-refractivity contribution in [2.45, 2.75) is 13.5 Å². The Hall–Kier alpha value is -1.16. The van der Waals surface area contributed by atoms with Crippen LogP contribution in [0, 0.1) is 0 Å². The predicted molar refractivity (Wildman–Crippen MR) is 74.3 cm³/mol. The van der Waals surface area contributed by atoms with Crippen LogP contribution in [0.25, 0.3) is 0 Å². The number of nitrogens with zero attached hydrogens (tertiary/aromatic N) is 1. The van der Waals surface area contributed by atoms with Crippen molar-refractivity contribution in [3.05, 3.63) is 35.9 Å². The zero-order valence-electron chi connectivity index (χ0n) is 10.5. The average Bonchev–Trinajstić information content (AvgIpc) is 2.37. The molecule has 0 spiro atoms. The molecule has 94 valence electrons. The molecule has 4 heteroatoms. The van der Waals surface area contributed by atoms with Gasteiger partial charge in [-0.3, -0.25) is 0 Å². The van der Waals surface area contributed by atoms with Gasteiger partial charge < -0.3 is 10.2 Å². The normalized spacial score (nSPS) is 10.0. The average molecular weight is 252 g/mol. The molecule has 2 amide bonds. The minimum absolute atomic E-state index is 0.0189. The Labute approximate surface area is 108 Å². The van der Waals surface area contributed by atoms with Crippen LogP contribution in [0.1, 0.15) is 12.5 Å². The molecule has 0 aliphatic carbocycles. The number of amides is 2. The Bertz CT molecular complexity index is 329. The van der Waals surface area contributed by atoms with E-state index in [4.69, 9.17) is 0 Å². The summed E-state index contributed by atoms with van der Waals surface area (Å²) < 4.78 is 0. The van der Waals surface area contributed by atoms with Gasteiger partial charge in [0.05, 0.1) is 0 Å². The Morgan fingerprint density at radius 3 is 2.65 bits per heavy atom. The molecule has 0 radical (unpaired) electrons. The number of urea groups is 1. The molecular weight excluding hydrogens is 232 g/mol. The van der Waals surface area contributed by atoms with Crippen molar-refractivity contribution >= 4 is 17.8 Å². The van der Waals surface area contributed by atoms with Gasteiger partial charge in [0.2, 0.25) is 0 Å². The fraction of sp³-hybridized carbons (Fsp3) is 0.462. The third-order valence-corrected chi connectivity index (χ3v) is 3.08. The summed E-state index contributed by atoms with van der Waals surface area (Å²) in [4.78, 5) is 13.7. The van der Waals surface area contributed by atoms with Crippen molar-refractivity contribution in [3.63, 3.8) is 0 Å². The first-order valence-corrected chi connectivity index (χ1v) is 7.23. The lowest BCUT2D eigenvalue weighted by molar-refractivity contribution is 0.199. The van der Waals surface area contributed by atoms with Gasteiger partial charge in [-0.2, -0.15) is 11.8 Å². The standard InChI is InChI=1S/C13H20N2OS/c1-3-15(13(16)14-9-10-17-2)11-12-7-5-4-6-8-12/h4-8H,3,9-11H2,1-2H3,(H,14,16). The Morgan fingerprint density at radius 1 is 1.35 bits per heavy atom. The number of carbonyl (C=O) groups is 1. The molecule has 17 heavy (non-hydrogen) atoms. The molecule has 0 aromatic heterocycles. The van der Waals surface area contributed by atoms with Crippen LogP contribution >= 0.6 is 11.8 Å². The zero-order chi connectivity index (χ0) is 12.5. The van der Waals surface area contributed by atoms with E-state index in [1.807, 2.05) is 48.4 Å². The number of rotatable bonds is 6. The van der Waals surface area contributed by atoms with Gasteiger partial charge in [-0.1, -0.05) is 30.3 Å². The maximum Gasteiger partial charge on any atom is 0.317 e. The molecule has 1 aromatic carbocycles. The van der Waals surface area contributed by atoms with Gasteiger partial charge in [0.25, 0.3) is 0 Å². The summed E-state index contributed by atoms with van der Waals surface area (Å²) in [6, 6.07) is 10.1. The van der Waals surface area contributed by atoms with Crippen LogP contribution < -0.4 is 5.32 Å². The van der Waals surface area contributed by atoms with E-state index in [1.165, 1.54) is 0 Å². The van der Waals surface area contributed by atoms with Gasteiger partial charge in [0.1, 0.15) is 0 Å². The molecule has 0 unspecified atom stereocenters. The van der Waals surface area contributed by atoms with E-state index in [0.29, 0.717) is 6.54 Å². The van der Waals surface area contributed by atoms with E-state index < -0.39 is 0 Å². The highest BCUT2D eigenvalue weighted by atomic mass is 32.2. The molecule has 3 nitrogen and oxygen atoms in total. The number of thioether (sulfide) groups is 1. The maximum atomic E-state index is 11.9. The third-order valence-electron chi connectivity index (χ3n) is 2.47. The second-order valence-corrected chi connectivity index (χ2v) is 4.71. The van der Waals surface area contributed by atoms with E-state index in [1.54, 1.807) is 11.8 Å². The number of benzene rings is 1. The van der Waals surface area contributed by atoms with Crippen molar-refractivity contribution in [2.75, 3.05) is 25.1 Å². The monoisotopic (exact) mass is 252 g/mol. The Balaban J connectivity index is 2.45. The molecule has 0 bridgehead atoms. The molecule has 0 atom stereocenters. The molecule has 0 saturated carbocycles. The fourth-order valence-corrected chi connectivity index (χ4v) is 1.81. The minimum Gasteiger partial charge on any atom is -0.337 e. The molecule has 1 rings (SSSR count). The van der Waals surface area contributed by atoms with Gasteiger partial charge in [-0.15, -0.1) is 0 Å². The highest BCUT2D eigenvalue weighted by molar-refractivity contribution is 7.98. The van der Waals surface area contributed by atoms with Crippen molar-refractivity contribution in [1.82, 2.24) is 10.2 Å². The van der Waals surface area contributed by atoms with E-state index in [2.05, 4.69) is 5.32 Å². The van der Waals surface area contributed by atoms with Gasteiger partial charge in [-0.05, 0) is 18.7 Å². The maximum absolute atomic E-state index is 11.9. The lowest BCUT2D eigenvalue weighted by Crippen LogP contribution is -2.40. The van der Waals surface area contributed by atoms with E-state index >= 15 is 0 Å². The summed E-state index contributed by atoms with van der Waals surface area (Å²) >= 11 is 1.73. The van der Waals surface area contributed by atoms with Gasteiger partial charge in [-0.25, -0.2) is 4.79 Å². The fourth-order valence-electron chi connectivity index (χ4n) is 1.50. The lowest BCUT2D eigenvalue weighted by Gasteiger charge is -2.21. The molecule has 0 aliphatic rings. The van der Waals surface area contributed by atoms with Crippen molar-refractivity contribution in [1.29, 1.82) is 0 Å². The summed E-state index contributed by atoms with van der Waals surface area (Å²) in [6.45, 7) is 4.12. The van der Waals surface area contributed by atoms with Crippen LogP contribution in [0.15, 0.2) is 30.3 Å². The number of hydrogen-bond donors (Lipinski definition) is 1. The number of carbonyl (C=O) groups excluding carboxylic acids is 1. The quantitative estimate of drug-likeness (QED) is 0.789. The Kier molecular flexibility index (Phi) is 6.55. The molecule has 0 heterocycles. The molecule has 0 aliphatic heterocycles. The van der Waals surface area contributed by atoms with Gasteiger partial charge in [0.15, 0.2) is 0 Å². The lowest BCUT2D eigenvalue weighted by atomic mass is 10.2. The first-order valence-electron chi connectivity index (χ1n) is 5.83. The molecule has 0 saturated heterocycles.